The molecule has 1 heterocycles. The van der Waals surface area contributed by atoms with Crippen molar-refractivity contribution in [3.63, 3.8) is 0 Å². The van der Waals surface area contributed by atoms with Gasteiger partial charge in [0.2, 0.25) is 0 Å². The smallest absolute Gasteiger partial charge is 0.253 e. The Morgan fingerprint density at radius 1 is 1.40 bits per heavy atom. The average molecular weight is 137 g/mol. The van der Waals surface area contributed by atoms with Crippen LogP contribution < -0.4 is 5.56 Å². The van der Waals surface area contributed by atoms with Gasteiger partial charge in [-0.25, -0.2) is 0 Å². The molecule has 0 radical (unpaired) electrons. The zero-order chi connectivity index (χ0) is 7.72. The summed E-state index contributed by atoms with van der Waals surface area (Å²) >= 11 is 0. The SMILES string of the molecule is Cc1cc(C)c(=O)n(C)c1. The predicted octanol–water partition coefficient (Wildman–Crippen LogP) is 1.00. The maximum absolute atomic E-state index is 11.1. The minimum Gasteiger partial charge on any atom is -0.318 e. The lowest BCUT2D eigenvalue weighted by molar-refractivity contribution is 0.840. The van der Waals surface area contributed by atoms with Gasteiger partial charge in [-0.3, -0.25) is 4.79 Å². The summed E-state index contributed by atoms with van der Waals surface area (Å²) in [5.41, 5.74) is 2.02. The molecule has 54 valence electrons. The highest BCUT2D eigenvalue weighted by Gasteiger charge is 1.94. The third-order valence-corrected chi connectivity index (χ3v) is 1.50. The lowest BCUT2D eigenvalue weighted by Gasteiger charge is -1.99. The van der Waals surface area contributed by atoms with Crippen LogP contribution in [0.15, 0.2) is 17.1 Å². The first kappa shape index (κ1) is 7.06. The Kier molecular flexibility index (Phi) is 1.62. The Morgan fingerprint density at radius 2 is 2.00 bits per heavy atom. The van der Waals surface area contributed by atoms with E-state index in [-0.39, 0.29) is 5.56 Å². The fourth-order valence-electron chi connectivity index (χ4n) is 1.08. The maximum Gasteiger partial charge on any atom is 0.253 e. The quantitative estimate of drug-likeness (QED) is 0.523. The van der Waals surface area contributed by atoms with Gasteiger partial charge in [0, 0.05) is 18.8 Å². The lowest BCUT2D eigenvalue weighted by Crippen LogP contribution is -2.18. The van der Waals surface area contributed by atoms with E-state index in [0.29, 0.717) is 0 Å². The number of rotatable bonds is 0. The number of hydrogen-bond acceptors (Lipinski definition) is 1. The van der Waals surface area contributed by atoms with Gasteiger partial charge < -0.3 is 4.57 Å². The second-order valence-corrected chi connectivity index (χ2v) is 2.62. The topological polar surface area (TPSA) is 22.0 Å². The van der Waals surface area contributed by atoms with E-state index in [0.717, 1.165) is 11.1 Å². The van der Waals surface area contributed by atoms with Gasteiger partial charge in [-0.05, 0) is 25.5 Å². The molecule has 0 aliphatic carbocycles. The van der Waals surface area contributed by atoms with Crippen LogP contribution in [0.1, 0.15) is 11.1 Å². The van der Waals surface area contributed by atoms with Crippen LogP contribution in [0.5, 0.6) is 0 Å². The Hall–Kier alpha value is -1.05. The molecule has 0 atom stereocenters. The lowest BCUT2D eigenvalue weighted by atomic mass is 10.2. The summed E-state index contributed by atoms with van der Waals surface area (Å²) < 4.78 is 1.60. The number of aromatic nitrogens is 1. The number of pyridine rings is 1. The van der Waals surface area contributed by atoms with E-state index >= 15 is 0 Å². The van der Waals surface area contributed by atoms with Gasteiger partial charge in [0.15, 0.2) is 0 Å². The van der Waals surface area contributed by atoms with Crippen LogP contribution in [0.3, 0.4) is 0 Å². The van der Waals surface area contributed by atoms with E-state index in [1.54, 1.807) is 11.6 Å². The van der Waals surface area contributed by atoms with Crippen LogP contribution in [0.4, 0.5) is 0 Å². The van der Waals surface area contributed by atoms with Crippen molar-refractivity contribution in [1.29, 1.82) is 0 Å². The van der Waals surface area contributed by atoms with Gasteiger partial charge in [0.05, 0.1) is 0 Å². The van der Waals surface area contributed by atoms with Crippen LogP contribution in [-0.2, 0) is 7.05 Å². The third-order valence-electron chi connectivity index (χ3n) is 1.50. The van der Waals surface area contributed by atoms with Gasteiger partial charge in [0.1, 0.15) is 0 Å². The van der Waals surface area contributed by atoms with Crippen LogP contribution >= 0.6 is 0 Å². The zero-order valence-electron chi connectivity index (χ0n) is 6.51. The molecule has 0 aliphatic heterocycles. The van der Waals surface area contributed by atoms with E-state index < -0.39 is 0 Å². The molecule has 1 rings (SSSR count). The first-order chi connectivity index (χ1) is 4.61. The molecule has 0 unspecified atom stereocenters. The van der Waals surface area contributed by atoms with Crippen molar-refractivity contribution in [1.82, 2.24) is 4.57 Å². The summed E-state index contributed by atoms with van der Waals surface area (Å²) in [6, 6.07) is 1.89. The molecule has 0 saturated carbocycles. The van der Waals surface area contributed by atoms with Crippen molar-refractivity contribution in [2.45, 2.75) is 13.8 Å². The standard InChI is InChI=1S/C8H11NO/c1-6-4-7(2)8(10)9(3)5-6/h4-5H,1-3H3. The summed E-state index contributed by atoms with van der Waals surface area (Å²) in [5, 5.41) is 0. The third kappa shape index (κ3) is 1.10. The fraction of sp³-hybridized carbons (Fsp3) is 0.375. The molecule has 1 aromatic rings. The fourth-order valence-corrected chi connectivity index (χ4v) is 1.08. The normalized spacial score (nSPS) is 9.90. The van der Waals surface area contributed by atoms with Crippen molar-refractivity contribution in [2.75, 3.05) is 0 Å². The maximum atomic E-state index is 11.1. The van der Waals surface area contributed by atoms with Crippen LogP contribution in [0.25, 0.3) is 0 Å². The van der Waals surface area contributed by atoms with Crippen LogP contribution in [0.2, 0.25) is 0 Å². The molecule has 10 heavy (non-hydrogen) atoms. The second-order valence-electron chi connectivity index (χ2n) is 2.62. The molecular weight excluding hydrogens is 126 g/mol. The number of nitrogens with zero attached hydrogens (tertiary/aromatic N) is 1. The highest BCUT2D eigenvalue weighted by atomic mass is 16.1. The molecule has 0 N–H and O–H groups in total. The monoisotopic (exact) mass is 137 g/mol. The van der Waals surface area contributed by atoms with Gasteiger partial charge in [-0.15, -0.1) is 0 Å². The predicted molar refractivity (Wildman–Crippen MR) is 41.2 cm³/mol. The number of hydrogen-bond donors (Lipinski definition) is 0. The van der Waals surface area contributed by atoms with Crippen molar-refractivity contribution >= 4 is 0 Å². The Balaban J connectivity index is 3.46. The summed E-state index contributed by atoms with van der Waals surface area (Å²) in [5.74, 6) is 0. The van der Waals surface area contributed by atoms with E-state index in [1.165, 1.54) is 0 Å². The minimum atomic E-state index is 0.0885. The van der Waals surface area contributed by atoms with Crippen molar-refractivity contribution in [3.8, 4) is 0 Å². The Morgan fingerprint density at radius 3 is 2.50 bits per heavy atom. The molecule has 1 aromatic heterocycles. The van der Waals surface area contributed by atoms with Crippen LogP contribution in [-0.4, -0.2) is 4.57 Å². The summed E-state index contributed by atoms with van der Waals surface area (Å²) in [6.45, 7) is 3.81. The molecule has 2 nitrogen and oxygen atoms in total. The van der Waals surface area contributed by atoms with Crippen molar-refractivity contribution in [2.24, 2.45) is 7.05 Å². The summed E-state index contributed by atoms with van der Waals surface area (Å²) in [7, 11) is 1.77. The molecule has 0 spiro atoms. The molecule has 0 amide bonds. The van der Waals surface area contributed by atoms with Gasteiger partial charge in [0.25, 0.3) is 5.56 Å². The molecule has 0 bridgehead atoms. The van der Waals surface area contributed by atoms with Crippen molar-refractivity contribution in [3.05, 3.63) is 33.7 Å². The van der Waals surface area contributed by atoms with E-state index in [1.807, 2.05) is 26.1 Å². The van der Waals surface area contributed by atoms with Gasteiger partial charge in [-0.2, -0.15) is 0 Å². The summed E-state index contributed by atoms with van der Waals surface area (Å²) in [6.07, 6.45) is 1.83. The summed E-state index contributed by atoms with van der Waals surface area (Å²) in [4.78, 5) is 11.1. The van der Waals surface area contributed by atoms with Crippen LogP contribution in [0, 0.1) is 13.8 Å². The van der Waals surface area contributed by atoms with Crippen molar-refractivity contribution < 1.29 is 0 Å². The highest BCUT2D eigenvalue weighted by molar-refractivity contribution is 5.15. The highest BCUT2D eigenvalue weighted by Crippen LogP contribution is 1.94. The van der Waals surface area contributed by atoms with Gasteiger partial charge >= 0.3 is 0 Å². The molecule has 0 aromatic carbocycles. The first-order valence-corrected chi connectivity index (χ1v) is 3.25. The minimum absolute atomic E-state index is 0.0885. The second kappa shape index (κ2) is 2.29. The van der Waals surface area contributed by atoms with E-state index in [9.17, 15) is 4.79 Å². The molecule has 0 saturated heterocycles. The number of aryl methyl sites for hydroxylation is 3. The van der Waals surface area contributed by atoms with Gasteiger partial charge in [-0.1, -0.05) is 0 Å². The average Bonchev–Trinajstić information content (AvgIpc) is 1.82. The zero-order valence-corrected chi connectivity index (χ0v) is 6.51. The molecule has 0 fully saturated rings. The largest absolute Gasteiger partial charge is 0.318 e. The first-order valence-electron chi connectivity index (χ1n) is 3.25. The molecule has 2 heteroatoms. The Bertz CT molecular complexity index is 272. The Labute approximate surface area is 60.1 Å². The van der Waals surface area contributed by atoms with E-state index in [2.05, 4.69) is 0 Å². The van der Waals surface area contributed by atoms with E-state index in [4.69, 9.17) is 0 Å². The molecular formula is C8H11NO. The molecule has 0 aliphatic rings.